The normalized spacial score (nSPS) is 18.3. The fraction of sp³-hybridized carbons (Fsp3) is 0.450. The zero-order valence-electron chi connectivity index (χ0n) is 15.4. The predicted molar refractivity (Wildman–Crippen MR) is 99.2 cm³/mol. The molecule has 27 heavy (non-hydrogen) atoms. The molecule has 1 atom stereocenters. The van der Waals surface area contributed by atoms with Gasteiger partial charge in [-0.25, -0.2) is 4.79 Å². The number of hydrogen-bond donors (Lipinski definition) is 1. The molecule has 2 fully saturated rings. The van der Waals surface area contributed by atoms with Crippen molar-refractivity contribution in [3.63, 3.8) is 0 Å². The second-order valence-electron chi connectivity index (χ2n) is 7.22. The summed E-state index contributed by atoms with van der Waals surface area (Å²) >= 11 is 0. The highest BCUT2D eigenvalue weighted by molar-refractivity contribution is 5.91. The highest BCUT2D eigenvalue weighted by atomic mass is 16.3. The van der Waals surface area contributed by atoms with Gasteiger partial charge in [-0.15, -0.1) is 0 Å². The molecule has 2 aromatic rings. The van der Waals surface area contributed by atoms with E-state index in [-0.39, 0.29) is 18.0 Å². The Balaban J connectivity index is 1.35. The molecule has 1 aliphatic carbocycles. The van der Waals surface area contributed by atoms with Crippen LogP contribution in [-0.2, 0) is 0 Å². The topological polar surface area (TPSA) is 78.7 Å². The number of carbonyl (C=O) groups is 2. The van der Waals surface area contributed by atoms with E-state index in [0.29, 0.717) is 37.9 Å². The summed E-state index contributed by atoms with van der Waals surface area (Å²) in [6, 6.07) is 9.17. The van der Waals surface area contributed by atoms with Crippen molar-refractivity contribution < 1.29 is 14.0 Å². The first-order chi connectivity index (χ1) is 13.1. The minimum absolute atomic E-state index is 0.0415. The molecule has 7 nitrogen and oxygen atoms in total. The standard InChI is InChI=1S/C20H24N4O3/c1-14-4-2-5-16(21-14)18(15-7-8-15)22-20(26)24-11-9-23(10-12-24)19(25)17-6-3-13-27-17/h2-6,13,15,18H,7-12H2,1H3,(H,22,26). The predicted octanol–water partition coefficient (Wildman–Crippen LogP) is 2.60. The Kier molecular flexibility index (Phi) is 4.83. The fourth-order valence-corrected chi connectivity index (χ4v) is 3.49. The van der Waals surface area contributed by atoms with E-state index in [9.17, 15) is 9.59 Å². The molecule has 2 aromatic heterocycles. The third-order valence-electron chi connectivity index (χ3n) is 5.19. The van der Waals surface area contributed by atoms with Crippen LogP contribution in [0.3, 0.4) is 0 Å². The van der Waals surface area contributed by atoms with Crippen molar-refractivity contribution >= 4 is 11.9 Å². The molecule has 3 heterocycles. The molecule has 1 saturated carbocycles. The van der Waals surface area contributed by atoms with E-state index in [1.807, 2.05) is 25.1 Å². The summed E-state index contributed by atoms with van der Waals surface area (Å²) in [7, 11) is 0. The lowest BCUT2D eigenvalue weighted by Crippen LogP contribution is -2.53. The number of hydrogen-bond acceptors (Lipinski definition) is 4. The maximum Gasteiger partial charge on any atom is 0.318 e. The molecule has 1 aliphatic heterocycles. The summed E-state index contributed by atoms with van der Waals surface area (Å²) in [6.45, 7) is 3.99. The monoisotopic (exact) mass is 368 g/mol. The van der Waals surface area contributed by atoms with E-state index in [2.05, 4.69) is 10.3 Å². The maximum absolute atomic E-state index is 12.8. The first kappa shape index (κ1) is 17.6. The SMILES string of the molecule is Cc1cccc(C(NC(=O)N2CCN(C(=O)c3ccco3)CC2)C2CC2)n1. The highest BCUT2D eigenvalue weighted by Crippen LogP contribution is 2.40. The van der Waals surface area contributed by atoms with Crippen LogP contribution in [0.25, 0.3) is 0 Å². The lowest BCUT2D eigenvalue weighted by atomic mass is 10.1. The second-order valence-corrected chi connectivity index (χ2v) is 7.22. The third kappa shape index (κ3) is 3.97. The van der Waals surface area contributed by atoms with Gasteiger partial charge >= 0.3 is 6.03 Å². The van der Waals surface area contributed by atoms with Crippen LogP contribution in [0.5, 0.6) is 0 Å². The van der Waals surface area contributed by atoms with Crippen LogP contribution in [0.1, 0.15) is 40.8 Å². The van der Waals surface area contributed by atoms with Crippen LogP contribution in [0.2, 0.25) is 0 Å². The molecule has 1 N–H and O–H groups in total. The molecule has 0 bridgehead atoms. The van der Waals surface area contributed by atoms with E-state index in [0.717, 1.165) is 24.2 Å². The van der Waals surface area contributed by atoms with Gasteiger partial charge in [0.1, 0.15) is 0 Å². The highest BCUT2D eigenvalue weighted by Gasteiger charge is 2.36. The largest absolute Gasteiger partial charge is 0.459 e. The van der Waals surface area contributed by atoms with Crippen LogP contribution in [0, 0.1) is 12.8 Å². The zero-order chi connectivity index (χ0) is 18.8. The molecule has 7 heteroatoms. The third-order valence-corrected chi connectivity index (χ3v) is 5.19. The van der Waals surface area contributed by atoms with Crippen molar-refractivity contribution in [1.82, 2.24) is 20.1 Å². The molecule has 0 aromatic carbocycles. The number of pyridine rings is 1. The van der Waals surface area contributed by atoms with Gasteiger partial charge in [0, 0.05) is 31.9 Å². The Morgan fingerprint density at radius 2 is 1.85 bits per heavy atom. The minimum atomic E-state index is -0.125. The van der Waals surface area contributed by atoms with Crippen LogP contribution in [-0.4, -0.2) is 52.9 Å². The van der Waals surface area contributed by atoms with Gasteiger partial charge in [0.05, 0.1) is 18.0 Å². The number of furan rings is 1. The number of nitrogens with one attached hydrogen (secondary N) is 1. The van der Waals surface area contributed by atoms with Gasteiger partial charge in [-0.05, 0) is 49.9 Å². The van der Waals surface area contributed by atoms with Crippen molar-refractivity contribution in [3.05, 3.63) is 53.7 Å². The smallest absolute Gasteiger partial charge is 0.318 e. The lowest BCUT2D eigenvalue weighted by Gasteiger charge is -2.35. The number of piperazine rings is 1. The summed E-state index contributed by atoms with van der Waals surface area (Å²) < 4.78 is 5.18. The Morgan fingerprint density at radius 3 is 2.48 bits per heavy atom. The van der Waals surface area contributed by atoms with Gasteiger partial charge in [-0.1, -0.05) is 6.07 Å². The Bertz CT molecular complexity index is 808. The molecule has 2 aliphatic rings. The average molecular weight is 368 g/mol. The van der Waals surface area contributed by atoms with Crippen molar-refractivity contribution in [3.8, 4) is 0 Å². The number of aryl methyl sites for hydroxylation is 1. The molecule has 1 saturated heterocycles. The summed E-state index contributed by atoms with van der Waals surface area (Å²) in [5, 5.41) is 3.17. The summed E-state index contributed by atoms with van der Waals surface area (Å²) in [4.78, 5) is 33.2. The van der Waals surface area contributed by atoms with Crippen molar-refractivity contribution in [2.24, 2.45) is 5.92 Å². The van der Waals surface area contributed by atoms with Crippen molar-refractivity contribution in [2.45, 2.75) is 25.8 Å². The van der Waals surface area contributed by atoms with E-state index >= 15 is 0 Å². The summed E-state index contributed by atoms with van der Waals surface area (Å²) in [5.74, 6) is 0.678. The number of carbonyl (C=O) groups excluding carboxylic acids is 2. The van der Waals surface area contributed by atoms with Crippen LogP contribution in [0.4, 0.5) is 4.79 Å². The number of urea groups is 1. The van der Waals surface area contributed by atoms with Crippen LogP contribution < -0.4 is 5.32 Å². The number of rotatable bonds is 4. The Labute approximate surface area is 158 Å². The minimum Gasteiger partial charge on any atom is -0.459 e. The molecule has 0 radical (unpaired) electrons. The molecule has 142 valence electrons. The fourth-order valence-electron chi connectivity index (χ4n) is 3.49. The first-order valence-corrected chi connectivity index (χ1v) is 9.43. The van der Waals surface area contributed by atoms with Gasteiger partial charge in [-0.2, -0.15) is 0 Å². The maximum atomic E-state index is 12.8. The van der Waals surface area contributed by atoms with Crippen molar-refractivity contribution in [2.75, 3.05) is 26.2 Å². The lowest BCUT2D eigenvalue weighted by molar-refractivity contribution is 0.0632. The van der Waals surface area contributed by atoms with E-state index in [1.54, 1.807) is 21.9 Å². The van der Waals surface area contributed by atoms with Gasteiger partial charge in [0.25, 0.3) is 5.91 Å². The quantitative estimate of drug-likeness (QED) is 0.900. The molecule has 1 unspecified atom stereocenters. The second kappa shape index (κ2) is 7.42. The Hall–Kier alpha value is -2.83. The number of aromatic nitrogens is 1. The Morgan fingerprint density at radius 1 is 1.11 bits per heavy atom. The molecule has 0 spiro atoms. The van der Waals surface area contributed by atoms with E-state index in [4.69, 9.17) is 4.42 Å². The van der Waals surface area contributed by atoms with Gasteiger partial charge in [0.15, 0.2) is 5.76 Å². The number of nitrogens with zero attached hydrogens (tertiary/aromatic N) is 3. The number of amides is 3. The van der Waals surface area contributed by atoms with Crippen LogP contribution >= 0.6 is 0 Å². The average Bonchev–Trinajstić information content (AvgIpc) is 3.38. The van der Waals surface area contributed by atoms with E-state index < -0.39 is 0 Å². The molecule has 4 rings (SSSR count). The van der Waals surface area contributed by atoms with E-state index in [1.165, 1.54) is 6.26 Å². The molecular formula is C20H24N4O3. The van der Waals surface area contributed by atoms with Gasteiger partial charge in [-0.3, -0.25) is 9.78 Å². The first-order valence-electron chi connectivity index (χ1n) is 9.43. The zero-order valence-corrected chi connectivity index (χ0v) is 15.4. The van der Waals surface area contributed by atoms with Crippen molar-refractivity contribution in [1.29, 1.82) is 0 Å². The van der Waals surface area contributed by atoms with Gasteiger partial charge in [0.2, 0.25) is 0 Å². The summed E-state index contributed by atoms with van der Waals surface area (Å²) in [6.07, 6.45) is 3.73. The molecular weight excluding hydrogens is 344 g/mol. The summed E-state index contributed by atoms with van der Waals surface area (Å²) in [5.41, 5.74) is 1.88. The van der Waals surface area contributed by atoms with Crippen LogP contribution in [0.15, 0.2) is 41.0 Å². The van der Waals surface area contributed by atoms with Gasteiger partial charge < -0.3 is 19.5 Å². The molecule has 3 amide bonds.